The second-order valence-corrected chi connectivity index (χ2v) is 6.86. The molecule has 5 heteroatoms. The molecule has 0 heterocycles. The summed E-state index contributed by atoms with van der Waals surface area (Å²) in [4.78, 5) is 12.3. The summed E-state index contributed by atoms with van der Waals surface area (Å²) in [6.45, 7) is 4.55. The van der Waals surface area contributed by atoms with Crippen LogP contribution in [0.5, 0.6) is 11.5 Å². The third-order valence-electron chi connectivity index (χ3n) is 4.07. The number of rotatable bonds is 9. The molecule has 2 N–H and O–H groups in total. The highest BCUT2D eigenvalue weighted by Crippen LogP contribution is 2.24. The lowest BCUT2D eigenvalue weighted by Crippen LogP contribution is -2.22. The molecule has 3 aromatic carbocycles. The maximum absolute atomic E-state index is 12.3. The molecular weight excluding hydrogens is 364 g/mol. The number of nitrogens with one attached hydrogen (secondary N) is 2. The zero-order valence-corrected chi connectivity index (χ0v) is 16.7. The van der Waals surface area contributed by atoms with Crippen LogP contribution < -0.4 is 20.1 Å². The monoisotopic (exact) mass is 390 g/mol. The van der Waals surface area contributed by atoms with Gasteiger partial charge in [0.1, 0.15) is 18.1 Å². The summed E-state index contributed by atoms with van der Waals surface area (Å²) in [5.41, 5.74) is 2.59. The van der Waals surface area contributed by atoms with Crippen LogP contribution in [0.2, 0.25) is 0 Å². The summed E-state index contributed by atoms with van der Waals surface area (Å²) in [5.74, 6) is 1.35. The van der Waals surface area contributed by atoms with Crippen LogP contribution in [0, 0.1) is 0 Å². The SMILES string of the molecule is CC(C)Oc1ccc(NC(=O)CNc2ccccc2OCc2ccccc2)cc1. The third-order valence-corrected chi connectivity index (χ3v) is 4.07. The molecule has 0 bridgehead atoms. The highest BCUT2D eigenvalue weighted by Gasteiger charge is 2.07. The van der Waals surface area contributed by atoms with Crippen LogP contribution in [0.1, 0.15) is 19.4 Å². The number of anilines is 2. The average molecular weight is 390 g/mol. The highest BCUT2D eigenvalue weighted by molar-refractivity contribution is 5.94. The van der Waals surface area contributed by atoms with Gasteiger partial charge in [0.05, 0.1) is 18.3 Å². The number of hydrogen-bond acceptors (Lipinski definition) is 4. The number of carbonyl (C=O) groups is 1. The summed E-state index contributed by atoms with van der Waals surface area (Å²) in [7, 11) is 0. The number of hydrogen-bond donors (Lipinski definition) is 2. The molecule has 5 nitrogen and oxygen atoms in total. The Labute approximate surface area is 171 Å². The van der Waals surface area contributed by atoms with E-state index in [-0.39, 0.29) is 18.6 Å². The molecule has 0 atom stereocenters. The minimum absolute atomic E-state index is 0.115. The Hall–Kier alpha value is -3.47. The maximum Gasteiger partial charge on any atom is 0.243 e. The third kappa shape index (κ3) is 6.57. The molecule has 0 fully saturated rings. The Morgan fingerprint density at radius 1 is 0.897 bits per heavy atom. The molecule has 0 aliphatic carbocycles. The summed E-state index contributed by atoms with van der Waals surface area (Å²) in [5, 5.41) is 6.02. The van der Waals surface area contributed by atoms with Crippen molar-refractivity contribution in [2.24, 2.45) is 0 Å². The lowest BCUT2D eigenvalue weighted by atomic mass is 10.2. The number of amides is 1. The standard InChI is InChI=1S/C24H26N2O3/c1-18(2)29-21-14-12-20(13-15-21)26-24(27)16-25-22-10-6-7-11-23(22)28-17-19-8-4-3-5-9-19/h3-15,18,25H,16-17H2,1-2H3,(H,26,27). The van der Waals surface area contributed by atoms with Gasteiger partial charge in [-0.3, -0.25) is 4.79 Å². The van der Waals surface area contributed by atoms with Gasteiger partial charge in [0.15, 0.2) is 0 Å². The zero-order chi connectivity index (χ0) is 20.5. The van der Waals surface area contributed by atoms with Gasteiger partial charge in [0.2, 0.25) is 5.91 Å². The van der Waals surface area contributed by atoms with Crippen LogP contribution in [0.4, 0.5) is 11.4 Å². The Morgan fingerprint density at radius 3 is 2.31 bits per heavy atom. The Morgan fingerprint density at radius 2 is 1.59 bits per heavy atom. The maximum atomic E-state index is 12.3. The van der Waals surface area contributed by atoms with Gasteiger partial charge in [-0.2, -0.15) is 0 Å². The van der Waals surface area contributed by atoms with E-state index in [0.29, 0.717) is 12.4 Å². The molecule has 0 unspecified atom stereocenters. The second kappa shape index (κ2) is 10.2. The highest BCUT2D eigenvalue weighted by atomic mass is 16.5. The fraction of sp³-hybridized carbons (Fsp3) is 0.208. The van der Waals surface area contributed by atoms with Gasteiger partial charge in [-0.05, 0) is 55.8 Å². The largest absolute Gasteiger partial charge is 0.491 e. The van der Waals surface area contributed by atoms with E-state index in [4.69, 9.17) is 9.47 Å². The van der Waals surface area contributed by atoms with Crippen molar-refractivity contribution in [2.45, 2.75) is 26.6 Å². The van der Waals surface area contributed by atoms with Crippen LogP contribution >= 0.6 is 0 Å². The van der Waals surface area contributed by atoms with E-state index in [1.54, 1.807) is 0 Å². The fourth-order valence-corrected chi connectivity index (χ4v) is 2.74. The first kappa shape index (κ1) is 20.3. The van der Waals surface area contributed by atoms with Crippen molar-refractivity contribution < 1.29 is 14.3 Å². The quantitative estimate of drug-likeness (QED) is 0.533. The number of para-hydroxylation sites is 2. The van der Waals surface area contributed by atoms with Gasteiger partial charge in [0.25, 0.3) is 0 Å². The first-order valence-corrected chi connectivity index (χ1v) is 9.66. The van der Waals surface area contributed by atoms with Crippen LogP contribution in [0.3, 0.4) is 0 Å². The zero-order valence-electron chi connectivity index (χ0n) is 16.7. The summed E-state index contributed by atoms with van der Waals surface area (Å²) in [6, 6.07) is 24.9. The molecule has 0 spiro atoms. The normalized spacial score (nSPS) is 10.4. The summed E-state index contributed by atoms with van der Waals surface area (Å²) >= 11 is 0. The Bertz CT molecular complexity index is 909. The van der Waals surface area contributed by atoms with Crippen LogP contribution in [0.25, 0.3) is 0 Å². The van der Waals surface area contributed by atoms with E-state index < -0.39 is 0 Å². The lowest BCUT2D eigenvalue weighted by Gasteiger charge is -2.14. The van der Waals surface area contributed by atoms with Gasteiger partial charge in [0, 0.05) is 5.69 Å². The van der Waals surface area contributed by atoms with Gasteiger partial charge in [-0.1, -0.05) is 42.5 Å². The molecule has 150 valence electrons. The predicted molar refractivity (Wildman–Crippen MR) is 117 cm³/mol. The number of benzene rings is 3. The molecule has 0 radical (unpaired) electrons. The molecule has 29 heavy (non-hydrogen) atoms. The molecule has 0 saturated heterocycles. The van der Waals surface area contributed by atoms with Crippen molar-refractivity contribution in [3.05, 3.63) is 84.4 Å². The van der Waals surface area contributed by atoms with E-state index in [0.717, 1.165) is 22.7 Å². The minimum atomic E-state index is -0.139. The number of carbonyl (C=O) groups excluding carboxylic acids is 1. The lowest BCUT2D eigenvalue weighted by molar-refractivity contribution is -0.114. The molecule has 0 aromatic heterocycles. The van der Waals surface area contributed by atoms with Crippen LogP contribution in [-0.2, 0) is 11.4 Å². The fourth-order valence-electron chi connectivity index (χ4n) is 2.74. The summed E-state index contributed by atoms with van der Waals surface area (Å²) < 4.78 is 11.5. The van der Waals surface area contributed by atoms with Gasteiger partial charge < -0.3 is 20.1 Å². The van der Waals surface area contributed by atoms with Crippen LogP contribution in [-0.4, -0.2) is 18.6 Å². The molecule has 3 aromatic rings. The van der Waals surface area contributed by atoms with Crippen molar-refractivity contribution in [3.8, 4) is 11.5 Å². The van der Waals surface area contributed by atoms with E-state index in [9.17, 15) is 4.79 Å². The second-order valence-electron chi connectivity index (χ2n) is 6.86. The molecule has 1 amide bonds. The average Bonchev–Trinajstić information content (AvgIpc) is 2.73. The smallest absolute Gasteiger partial charge is 0.243 e. The molecular formula is C24H26N2O3. The molecule has 0 saturated carbocycles. The summed E-state index contributed by atoms with van der Waals surface area (Å²) in [6.07, 6.45) is 0.115. The van der Waals surface area contributed by atoms with Crippen molar-refractivity contribution in [2.75, 3.05) is 17.2 Å². The van der Waals surface area contributed by atoms with Crippen molar-refractivity contribution in [1.29, 1.82) is 0 Å². The topological polar surface area (TPSA) is 59.6 Å². The van der Waals surface area contributed by atoms with Gasteiger partial charge in [-0.15, -0.1) is 0 Å². The molecule has 0 aliphatic rings. The van der Waals surface area contributed by atoms with Crippen molar-refractivity contribution in [3.63, 3.8) is 0 Å². The van der Waals surface area contributed by atoms with Crippen molar-refractivity contribution >= 4 is 17.3 Å². The van der Waals surface area contributed by atoms with Gasteiger partial charge >= 0.3 is 0 Å². The first-order valence-electron chi connectivity index (χ1n) is 9.66. The van der Waals surface area contributed by atoms with Crippen LogP contribution in [0.15, 0.2) is 78.9 Å². The van der Waals surface area contributed by atoms with Crippen molar-refractivity contribution in [1.82, 2.24) is 0 Å². The van der Waals surface area contributed by atoms with E-state index >= 15 is 0 Å². The predicted octanol–water partition coefficient (Wildman–Crippen LogP) is 5.10. The molecule has 3 rings (SSSR count). The minimum Gasteiger partial charge on any atom is -0.491 e. The first-order chi connectivity index (χ1) is 14.1. The Balaban J connectivity index is 1.52. The Kier molecular flexibility index (Phi) is 7.11. The van der Waals surface area contributed by atoms with E-state index in [1.165, 1.54) is 0 Å². The van der Waals surface area contributed by atoms with E-state index in [2.05, 4.69) is 10.6 Å². The van der Waals surface area contributed by atoms with E-state index in [1.807, 2.05) is 92.7 Å². The van der Waals surface area contributed by atoms with Gasteiger partial charge in [-0.25, -0.2) is 0 Å². The number of ether oxygens (including phenoxy) is 2. The molecule has 0 aliphatic heterocycles.